The zero-order chi connectivity index (χ0) is 22.7. The first-order valence-corrected chi connectivity index (χ1v) is 11.2. The van der Waals surface area contributed by atoms with Gasteiger partial charge >= 0.3 is 6.09 Å². The first-order chi connectivity index (χ1) is 15.3. The van der Waals surface area contributed by atoms with Gasteiger partial charge in [0.15, 0.2) is 0 Å². The van der Waals surface area contributed by atoms with Crippen molar-refractivity contribution in [3.8, 4) is 11.8 Å². The quantitative estimate of drug-likeness (QED) is 0.777. The summed E-state index contributed by atoms with van der Waals surface area (Å²) in [4.78, 5) is 14.3. The highest BCUT2D eigenvalue weighted by molar-refractivity contribution is 5.72. The van der Waals surface area contributed by atoms with Crippen molar-refractivity contribution in [3.05, 3.63) is 24.0 Å². The average molecular weight is 442 g/mol. The molecule has 172 valence electrons. The molecule has 2 aliphatic rings. The van der Waals surface area contributed by atoms with Gasteiger partial charge in [-0.2, -0.15) is 10.4 Å². The summed E-state index contributed by atoms with van der Waals surface area (Å²) < 4.78 is 19.0. The molecule has 0 radical (unpaired) electrons. The standard InChI is InChI=1S/C23H31N5O4/c1-23(2,3)32-22(29)26-17-4-6-19(7-5-17)31-20-12-18(27-8-10-30-11-9-27)15-28-21(20)16(13-24)14-25-28/h12,14-15,17,19H,4-11H2,1-3H3,(H,26,29)/t17-,19+. The maximum absolute atomic E-state index is 12.1. The number of hydrogen-bond acceptors (Lipinski definition) is 7. The number of nitriles is 1. The van der Waals surface area contributed by atoms with Crippen LogP contribution in [0.5, 0.6) is 5.75 Å². The number of alkyl carbamates (subject to hydrolysis) is 1. The second-order valence-electron chi connectivity index (χ2n) is 9.36. The predicted molar refractivity (Wildman–Crippen MR) is 119 cm³/mol. The van der Waals surface area contributed by atoms with E-state index in [2.05, 4.69) is 21.4 Å². The molecular weight excluding hydrogens is 410 g/mol. The fourth-order valence-corrected chi connectivity index (χ4v) is 4.22. The van der Waals surface area contributed by atoms with Crippen molar-refractivity contribution >= 4 is 17.3 Å². The van der Waals surface area contributed by atoms with E-state index in [4.69, 9.17) is 14.2 Å². The van der Waals surface area contributed by atoms with Gasteiger partial charge in [-0.1, -0.05) is 0 Å². The molecule has 0 bridgehead atoms. The van der Waals surface area contributed by atoms with Gasteiger partial charge in [0.1, 0.15) is 28.5 Å². The number of amides is 1. The fourth-order valence-electron chi connectivity index (χ4n) is 4.22. The van der Waals surface area contributed by atoms with Gasteiger partial charge in [0, 0.05) is 25.2 Å². The van der Waals surface area contributed by atoms with E-state index in [1.165, 1.54) is 0 Å². The Bertz CT molecular complexity index is 992. The minimum Gasteiger partial charge on any atom is -0.488 e. The zero-order valence-corrected chi connectivity index (χ0v) is 19.0. The molecule has 1 aliphatic carbocycles. The monoisotopic (exact) mass is 441 g/mol. The number of rotatable bonds is 4. The molecule has 2 fully saturated rings. The van der Waals surface area contributed by atoms with Gasteiger partial charge in [0.05, 0.1) is 37.4 Å². The molecule has 2 aromatic rings. The van der Waals surface area contributed by atoms with Crippen LogP contribution in [0.4, 0.5) is 10.5 Å². The molecule has 0 unspecified atom stereocenters. The molecule has 1 N–H and O–H groups in total. The van der Waals surface area contributed by atoms with Gasteiger partial charge in [-0.25, -0.2) is 9.31 Å². The summed E-state index contributed by atoms with van der Waals surface area (Å²) in [6.07, 6.45) is 6.40. The summed E-state index contributed by atoms with van der Waals surface area (Å²) in [5, 5.41) is 16.9. The number of hydrogen-bond donors (Lipinski definition) is 1. The van der Waals surface area contributed by atoms with E-state index >= 15 is 0 Å². The van der Waals surface area contributed by atoms with Crippen molar-refractivity contribution in [2.75, 3.05) is 31.2 Å². The van der Waals surface area contributed by atoms with E-state index in [1.807, 2.05) is 33.0 Å². The Morgan fingerprint density at radius 2 is 1.97 bits per heavy atom. The molecule has 1 amide bonds. The maximum Gasteiger partial charge on any atom is 0.407 e. The molecule has 0 aromatic carbocycles. The number of anilines is 1. The van der Waals surface area contributed by atoms with Crippen LogP contribution in [0.25, 0.3) is 5.52 Å². The summed E-state index contributed by atoms with van der Waals surface area (Å²) in [5.41, 5.74) is 1.68. The molecule has 2 aromatic heterocycles. The first-order valence-electron chi connectivity index (χ1n) is 11.2. The normalized spacial score (nSPS) is 21.8. The van der Waals surface area contributed by atoms with E-state index in [-0.39, 0.29) is 18.2 Å². The van der Waals surface area contributed by atoms with Crippen LogP contribution in [-0.4, -0.2) is 59.8 Å². The molecule has 32 heavy (non-hydrogen) atoms. The SMILES string of the molecule is CC(C)(C)OC(=O)N[C@H]1CC[C@@H](Oc2cc(N3CCOCC3)cn3ncc(C#N)c23)CC1. The van der Waals surface area contributed by atoms with Crippen molar-refractivity contribution in [2.24, 2.45) is 0 Å². The van der Waals surface area contributed by atoms with Gasteiger partial charge in [0.25, 0.3) is 0 Å². The molecule has 1 aliphatic heterocycles. The Labute approximate surface area is 188 Å². The molecule has 1 saturated carbocycles. The van der Waals surface area contributed by atoms with E-state index < -0.39 is 5.60 Å². The number of ether oxygens (including phenoxy) is 3. The van der Waals surface area contributed by atoms with E-state index in [0.717, 1.165) is 44.5 Å². The van der Waals surface area contributed by atoms with Gasteiger partial charge in [-0.3, -0.25) is 0 Å². The van der Waals surface area contributed by atoms with Crippen molar-refractivity contribution in [3.63, 3.8) is 0 Å². The molecule has 9 heteroatoms. The number of morpholine rings is 1. The lowest BCUT2D eigenvalue weighted by Gasteiger charge is -2.31. The molecule has 3 heterocycles. The highest BCUT2D eigenvalue weighted by Crippen LogP contribution is 2.32. The van der Waals surface area contributed by atoms with E-state index in [0.29, 0.717) is 30.0 Å². The Kier molecular flexibility index (Phi) is 6.42. The van der Waals surface area contributed by atoms with Gasteiger partial charge in [-0.05, 0) is 46.5 Å². The highest BCUT2D eigenvalue weighted by atomic mass is 16.6. The summed E-state index contributed by atoms with van der Waals surface area (Å²) in [7, 11) is 0. The van der Waals surface area contributed by atoms with Crippen LogP contribution in [-0.2, 0) is 9.47 Å². The summed E-state index contributed by atoms with van der Waals surface area (Å²) in [6.45, 7) is 8.55. The van der Waals surface area contributed by atoms with Crippen LogP contribution in [0.15, 0.2) is 18.5 Å². The molecule has 0 spiro atoms. The first kappa shape index (κ1) is 22.2. The number of carbonyl (C=O) groups excluding carboxylic acids is 1. The largest absolute Gasteiger partial charge is 0.488 e. The predicted octanol–water partition coefficient (Wildman–Crippen LogP) is 3.26. The summed E-state index contributed by atoms with van der Waals surface area (Å²) in [6, 6.07) is 4.30. The third-order valence-corrected chi connectivity index (χ3v) is 5.75. The Morgan fingerprint density at radius 1 is 1.25 bits per heavy atom. The van der Waals surface area contributed by atoms with Crippen LogP contribution < -0.4 is 15.0 Å². The Hall–Kier alpha value is -2.99. The van der Waals surface area contributed by atoms with E-state index in [1.54, 1.807) is 10.7 Å². The third kappa shape index (κ3) is 5.25. The highest BCUT2D eigenvalue weighted by Gasteiger charge is 2.27. The van der Waals surface area contributed by atoms with Crippen LogP contribution in [0.2, 0.25) is 0 Å². The van der Waals surface area contributed by atoms with Crippen LogP contribution in [0, 0.1) is 11.3 Å². The fraction of sp³-hybridized carbons (Fsp3) is 0.609. The number of nitrogens with one attached hydrogen (secondary N) is 1. The minimum absolute atomic E-state index is 0.0110. The molecule has 0 atom stereocenters. The second kappa shape index (κ2) is 9.25. The van der Waals surface area contributed by atoms with Crippen molar-refractivity contribution in [2.45, 2.75) is 64.2 Å². The Morgan fingerprint density at radius 3 is 2.62 bits per heavy atom. The molecule has 1 saturated heterocycles. The van der Waals surface area contributed by atoms with Crippen molar-refractivity contribution < 1.29 is 19.0 Å². The topological polar surface area (TPSA) is 101 Å². The number of pyridine rings is 1. The van der Waals surface area contributed by atoms with Crippen LogP contribution in [0.3, 0.4) is 0 Å². The lowest BCUT2D eigenvalue weighted by Crippen LogP contribution is -2.42. The minimum atomic E-state index is -0.509. The van der Waals surface area contributed by atoms with Crippen molar-refractivity contribution in [1.29, 1.82) is 5.26 Å². The van der Waals surface area contributed by atoms with Gasteiger partial charge in [-0.15, -0.1) is 0 Å². The van der Waals surface area contributed by atoms with Crippen LogP contribution >= 0.6 is 0 Å². The molecular formula is C23H31N5O4. The molecule has 9 nitrogen and oxygen atoms in total. The zero-order valence-electron chi connectivity index (χ0n) is 19.0. The number of carbonyl (C=O) groups is 1. The van der Waals surface area contributed by atoms with Crippen LogP contribution in [0.1, 0.15) is 52.0 Å². The van der Waals surface area contributed by atoms with Gasteiger partial charge in [0.2, 0.25) is 0 Å². The third-order valence-electron chi connectivity index (χ3n) is 5.75. The van der Waals surface area contributed by atoms with Crippen molar-refractivity contribution in [1.82, 2.24) is 14.9 Å². The average Bonchev–Trinajstić information content (AvgIpc) is 3.18. The smallest absolute Gasteiger partial charge is 0.407 e. The second-order valence-corrected chi connectivity index (χ2v) is 9.36. The Balaban J connectivity index is 1.45. The number of fused-ring (bicyclic) bond motifs is 1. The lowest BCUT2D eigenvalue weighted by molar-refractivity contribution is 0.0471. The molecule has 4 rings (SSSR count). The van der Waals surface area contributed by atoms with Gasteiger partial charge < -0.3 is 24.4 Å². The summed E-state index contributed by atoms with van der Waals surface area (Å²) >= 11 is 0. The number of aromatic nitrogens is 2. The number of nitrogens with zero attached hydrogens (tertiary/aromatic N) is 4. The maximum atomic E-state index is 12.1. The lowest BCUT2D eigenvalue weighted by atomic mass is 9.93. The van der Waals surface area contributed by atoms with E-state index in [9.17, 15) is 10.1 Å². The summed E-state index contributed by atoms with van der Waals surface area (Å²) in [5.74, 6) is 0.673.